The van der Waals surface area contributed by atoms with Gasteiger partial charge in [0.05, 0.1) is 15.3 Å². The molecular formula is C4H16N11O13Tm. The minimum atomic E-state index is -1.75. The van der Waals surface area contributed by atoms with Crippen LogP contribution in [0.2, 0.25) is 0 Å². The molecule has 0 aromatic carbocycles. The second-order valence-corrected chi connectivity index (χ2v) is 2.28. The van der Waals surface area contributed by atoms with Crippen LogP contribution in [-0.4, -0.2) is 39.4 Å². The number of amides is 8. The average Bonchev–Trinajstić information content (AvgIpc) is 2.20. The predicted octanol–water partition coefficient (Wildman–Crippen LogP) is -4.62. The Morgan fingerprint density at radius 2 is 0.414 bits per heavy atom. The first-order valence-corrected chi connectivity index (χ1v) is 4.77. The standard InChI is InChI=1S/4CH4N2O.3NO3.Tm/c7*2-1(3)4;/h4*(H4,2,3,4);;;;/q;;;;3*-1;+3. The van der Waals surface area contributed by atoms with Crippen molar-refractivity contribution in [3.63, 3.8) is 0 Å². The number of carbonyl (C=O) groups excluding carboxylic acids is 4. The molecule has 0 unspecified atom stereocenters. The molecule has 0 aromatic heterocycles. The number of carbonyl (C=O) groups is 4. The molecule has 0 rings (SSSR count). The van der Waals surface area contributed by atoms with Gasteiger partial charge in [-0.3, -0.25) is 0 Å². The molecule has 0 saturated heterocycles. The number of hydrogen-bond donors (Lipinski definition) is 8. The van der Waals surface area contributed by atoms with Gasteiger partial charge in [-0.15, -0.1) is 0 Å². The monoisotopic (exact) mass is 595 g/mol. The van der Waals surface area contributed by atoms with Crippen molar-refractivity contribution in [1.29, 1.82) is 0 Å². The molecule has 0 saturated carbocycles. The largest absolute Gasteiger partial charge is 3.00 e. The fourth-order valence-corrected chi connectivity index (χ4v) is 0. The Bertz CT molecular complexity index is 326. The topological polar surface area (TPSA) is 475 Å². The Morgan fingerprint density at radius 1 is 0.414 bits per heavy atom. The van der Waals surface area contributed by atoms with Gasteiger partial charge in [-0.2, -0.15) is 0 Å². The van der Waals surface area contributed by atoms with E-state index in [-0.39, 0.29) is 36.9 Å². The van der Waals surface area contributed by atoms with Gasteiger partial charge in [0.25, 0.3) is 0 Å². The van der Waals surface area contributed by atoms with Crippen molar-refractivity contribution in [3.8, 4) is 0 Å². The number of rotatable bonds is 0. The Labute approximate surface area is 187 Å². The molecule has 0 aliphatic carbocycles. The summed E-state index contributed by atoms with van der Waals surface area (Å²) in [7, 11) is 0. The van der Waals surface area contributed by atoms with E-state index in [1.807, 2.05) is 0 Å². The second kappa shape index (κ2) is 43.9. The zero-order valence-corrected chi connectivity index (χ0v) is 15.3. The van der Waals surface area contributed by atoms with E-state index in [9.17, 15) is 0 Å². The van der Waals surface area contributed by atoms with E-state index < -0.39 is 39.4 Å². The maximum Gasteiger partial charge on any atom is 3.00 e. The summed E-state index contributed by atoms with van der Waals surface area (Å²) in [5.74, 6) is 0. The van der Waals surface area contributed by atoms with Gasteiger partial charge in [0, 0.05) is 0 Å². The fourth-order valence-electron chi connectivity index (χ4n) is 0. The molecule has 0 bridgehead atoms. The van der Waals surface area contributed by atoms with E-state index in [1.165, 1.54) is 0 Å². The van der Waals surface area contributed by atoms with Gasteiger partial charge in [-0.1, -0.05) is 0 Å². The third kappa shape index (κ3) is 688. The summed E-state index contributed by atoms with van der Waals surface area (Å²) in [6.07, 6.45) is 0. The Kier molecular flexibility index (Phi) is 75.4. The molecule has 8 amide bonds. The van der Waals surface area contributed by atoms with Crippen LogP contribution in [0, 0.1) is 82.8 Å². The van der Waals surface area contributed by atoms with Crippen LogP contribution in [0.5, 0.6) is 0 Å². The van der Waals surface area contributed by atoms with Gasteiger partial charge in [0.2, 0.25) is 0 Å². The van der Waals surface area contributed by atoms with Crippen LogP contribution in [0.25, 0.3) is 0 Å². The summed E-state index contributed by atoms with van der Waals surface area (Å²) in [6, 6.07) is -3.33. The van der Waals surface area contributed by atoms with Crippen LogP contribution in [0.1, 0.15) is 0 Å². The van der Waals surface area contributed by atoms with Gasteiger partial charge < -0.3 is 91.8 Å². The summed E-state index contributed by atoms with van der Waals surface area (Å²) in [4.78, 5) is 60.8. The van der Waals surface area contributed by atoms with E-state index >= 15 is 0 Å². The van der Waals surface area contributed by atoms with E-state index in [1.54, 1.807) is 0 Å². The maximum atomic E-state index is 9.00. The molecule has 0 radical (unpaired) electrons. The van der Waals surface area contributed by atoms with E-state index in [0.29, 0.717) is 0 Å². The molecule has 0 atom stereocenters. The van der Waals surface area contributed by atoms with Crippen LogP contribution < -0.4 is 45.9 Å². The summed E-state index contributed by atoms with van der Waals surface area (Å²) >= 11 is 0. The van der Waals surface area contributed by atoms with Crippen LogP contribution in [-0.2, 0) is 0 Å². The van der Waals surface area contributed by atoms with Crippen molar-refractivity contribution in [2.24, 2.45) is 45.9 Å². The van der Waals surface area contributed by atoms with Crippen molar-refractivity contribution < 1.29 is 71.3 Å². The van der Waals surface area contributed by atoms with E-state index in [0.717, 1.165) is 0 Å². The van der Waals surface area contributed by atoms with Crippen molar-refractivity contribution >= 4 is 24.1 Å². The van der Waals surface area contributed by atoms with Gasteiger partial charge >= 0.3 is 61.0 Å². The number of nitrogens with zero attached hydrogens (tertiary/aromatic N) is 3. The van der Waals surface area contributed by atoms with Gasteiger partial charge in [-0.05, 0) is 0 Å². The summed E-state index contributed by atoms with van der Waals surface area (Å²) < 4.78 is 0. The quantitative estimate of drug-likeness (QED) is 0.0966. The van der Waals surface area contributed by atoms with E-state index in [4.69, 9.17) is 65.1 Å². The molecule has 178 valence electrons. The predicted molar refractivity (Wildman–Crippen MR) is 86.2 cm³/mol. The molecule has 0 spiro atoms. The third-order valence-electron chi connectivity index (χ3n) is 0. The molecule has 29 heavy (non-hydrogen) atoms. The molecule has 0 fully saturated rings. The zero-order chi connectivity index (χ0) is 25.0. The first-order chi connectivity index (χ1) is 12.1. The Hall–Kier alpha value is -4.09. The van der Waals surface area contributed by atoms with Crippen molar-refractivity contribution in [1.82, 2.24) is 0 Å². The first kappa shape index (κ1) is 49.8. The van der Waals surface area contributed by atoms with E-state index in [2.05, 4.69) is 45.9 Å². The molecule has 0 aliphatic rings. The molecule has 0 aromatic rings. The van der Waals surface area contributed by atoms with Crippen molar-refractivity contribution in [2.45, 2.75) is 0 Å². The number of hydrogen-bond acceptors (Lipinski definition) is 13. The number of nitrogens with two attached hydrogens (primary N) is 8. The summed E-state index contributed by atoms with van der Waals surface area (Å²) in [5.41, 5.74) is 34.0. The Morgan fingerprint density at radius 3 is 0.414 bits per heavy atom. The maximum absolute atomic E-state index is 9.00. The summed E-state index contributed by atoms with van der Waals surface area (Å²) in [6.45, 7) is 0. The average molecular weight is 595 g/mol. The van der Waals surface area contributed by atoms with Gasteiger partial charge in [0.1, 0.15) is 0 Å². The fraction of sp³-hybridized carbons (Fsp3) is 0. The molecule has 25 heteroatoms. The van der Waals surface area contributed by atoms with Crippen LogP contribution >= 0.6 is 0 Å². The molecule has 24 nitrogen and oxygen atoms in total. The SMILES string of the molecule is NC(N)=O.NC(N)=O.NC(N)=O.NC(N)=O.O=[N+]([O-])[O-].O=[N+]([O-])[O-].O=[N+]([O-])[O-].[Tm+3]. The smallest absolute Gasteiger partial charge is 0.356 e. The molecule has 16 N–H and O–H groups in total. The molecule has 0 aliphatic heterocycles. The number of urea groups is 4. The number of primary amides is 8. The minimum absolute atomic E-state index is 0. The van der Waals surface area contributed by atoms with Crippen LogP contribution in [0.3, 0.4) is 0 Å². The van der Waals surface area contributed by atoms with Crippen molar-refractivity contribution in [2.75, 3.05) is 0 Å². The van der Waals surface area contributed by atoms with Crippen LogP contribution in [0.4, 0.5) is 19.2 Å². The first-order valence-electron chi connectivity index (χ1n) is 4.77. The second-order valence-electron chi connectivity index (χ2n) is 2.28. The minimum Gasteiger partial charge on any atom is -0.356 e. The van der Waals surface area contributed by atoms with Gasteiger partial charge in [-0.25, -0.2) is 19.2 Å². The van der Waals surface area contributed by atoms with Crippen molar-refractivity contribution in [3.05, 3.63) is 46.0 Å². The zero-order valence-electron chi connectivity index (χ0n) is 13.5. The summed E-state index contributed by atoms with van der Waals surface area (Å²) in [5, 5.41) is 44.2. The normalized spacial score (nSPS) is 5.79. The molecule has 0 heterocycles. The Balaban J connectivity index is -0.0000000294. The van der Waals surface area contributed by atoms with Gasteiger partial charge in [0.15, 0.2) is 0 Å². The van der Waals surface area contributed by atoms with Crippen LogP contribution in [0.15, 0.2) is 0 Å². The molecular weight excluding hydrogens is 579 g/mol. The third-order valence-corrected chi connectivity index (χ3v) is 0.